The third-order valence-electron chi connectivity index (χ3n) is 2.25. The van der Waals surface area contributed by atoms with Crippen LogP contribution in [0.1, 0.15) is 53.0 Å². The SMILES string of the molecule is CC.CC.COc1ccc(C(C)C)cc1S(C)(=O)=O. The van der Waals surface area contributed by atoms with Gasteiger partial charge in [0.15, 0.2) is 9.84 Å². The van der Waals surface area contributed by atoms with Gasteiger partial charge in [0.05, 0.1) is 7.11 Å². The molecule has 0 saturated carbocycles. The largest absolute Gasteiger partial charge is 0.495 e. The summed E-state index contributed by atoms with van der Waals surface area (Å²) in [6, 6.07) is 5.27. The Kier molecular flexibility index (Phi) is 10.5. The molecule has 0 fully saturated rings. The molecule has 0 spiro atoms. The smallest absolute Gasteiger partial charge is 0.179 e. The van der Waals surface area contributed by atoms with Gasteiger partial charge in [-0.2, -0.15) is 0 Å². The molecule has 0 heterocycles. The minimum Gasteiger partial charge on any atom is -0.495 e. The van der Waals surface area contributed by atoms with Gasteiger partial charge < -0.3 is 4.74 Å². The molecule has 0 unspecified atom stereocenters. The molecule has 112 valence electrons. The molecular formula is C15H28O3S. The van der Waals surface area contributed by atoms with Crippen LogP contribution in [0.2, 0.25) is 0 Å². The van der Waals surface area contributed by atoms with Gasteiger partial charge in [0.1, 0.15) is 10.6 Å². The summed E-state index contributed by atoms with van der Waals surface area (Å²) in [5.41, 5.74) is 0.997. The van der Waals surface area contributed by atoms with E-state index in [9.17, 15) is 8.42 Å². The molecular weight excluding hydrogens is 260 g/mol. The van der Waals surface area contributed by atoms with Crippen LogP contribution in [0, 0.1) is 0 Å². The lowest BCUT2D eigenvalue weighted by atomic mass is 10.0. The summed E-state index contributed by atoms with van der Waals surface area (Å²) >= 11 is 0. The highest BCUT2D eigenvalue weighted by Crippen LogP contribution is 2.27. The second kappa shape index (κ2) is 9.84. The van der Waals surface area contributed by atoms with Crippen molar-refractivity contribution in [3.05, 3.63) is 23.8 Å². The van der Waals surface area contributed by atoms with Crippen molar-refractivity contribution in [2.75, 3.05) is 13.4 Å². The van der Waals surface area contributed by atoms with E-state index in [1.807, 2.05) is 47.6 Å². The minimum atomic E-state index is -3.23. The summed E-state index contributed by atoms with van der Waals surface area (Å²) in [6.07, 6.45) is 1.19. The fraction of sp³-hybridized carbons (Fsp3) is 0.600. The van der Waals surface area contributed by atoms with Crippen LogP contribution in [0.5, 0.6) is 5.75 Å². The van der Waals surface area contributed by atoms with Crippen molar-refractivity contribution >= 4 is 9.84 Å². The first-order valence-corrected chi connectivity index (χ1v) is 8.63. The molecule has 0 bridgehead atoms. The van der Waals surface area contributed by atoms with Crippen molar-refractivity contribution in [3.8, 4) is 5.75 Å². The predicted octanol–water partition coefficient (Wildman–Crippen LogP) is 4.27. The lowest BCUT2D eigenvalue weighted by molar-refractivity contribution is 0.402. The van der Waals surface area contributed by atoms with Crippen molar-refractivity contribution < 1.29 is 13.2 Å². The van der Waals surface area contributed by atoms with Crippen molar-refractivity contribution in [2.24, 2.45) is 0 Å². The van der Waals surface area contributed by atoms with E-state index >= 15 is 0 Å². The molecule has 0 amide bonds. The Balaban J connectivity index is 0. The minimum absolute atomic E-state index is 0.260. The number of hydrogen-bond acceptors (Lipinski definition) is 3. The molecule has 0 aliphatic rings. The molecule has 0 aliphatic carbocycles. The fourth-order valence-corrected chi connectivity index (χ4v) is 2.21. The molecule has 4 heteroatoms. The predicted molar refractivity (Wildman–Crippen MR) is 82.9 cm³/mol. The lowest BCUT2D eigenvalue weighted by Crippen LogP contribution is -2.02. The van der Waals surface area contributed by atoms with Crippen LogP contribution in [0.15, 0.2) is 23.1 Å². The first kappa shape index (κ1) is 20.3. The van der Waals surface area contributed by atoms with Crippen molar-refractivity contribution in [3.63, 3.8) is 0 Å². The zero-order chi connectivity index (χ0) is 15.6. The normalized spacial score (nSPS) is 9.95. The molecule has 3 nitrogen and oxygen atoms in total. The van der Waals surface area contributed by atoms with E-state index in [2.05, 4.69) is 0 Å². The number of sulfone groups is 1. The third kappa shape index (κ3) is 6.62. The van der Waals surface area contributed by atoms with Crippen LogP contribution in [0.4, 0.5) is 0 Å². The molecule has 0 atom stereocenters. The zero-order valence-corrected chi connectivity index (χ0v) is 14.3. The number of benzene rings is 1. The number of hydrogen-bond donors (Lipinski definition) is 0. The lowest BCUT2D eigenvalue weighted by Gasteiger charge is -2.11. The van der Waals surface area contributed by atoms with Gasteiger partial charge in [0.25, 0.3) is 0 Å². The molecule has 0 aliphatic heterocycles. The van der Waals surface area contributed by atoms with E-state index in [1.54, 1.807) is 12.1 Å². The van der Waals surface area contributed by atoms with E-state index in [1.165, 1.54) is 13.4 Å². The second-order valence-electron chi connectivity index (χ2n) is 3.84. The summed E-state index contributed by atoms with van der Waals surface area (Å²) in [7, 11) is -1.76. The van der Waals surface area contributed by atoms with Gasteiger partial charge >= 0.3 is 0 Å². The molecule has 0 N–H and O–H groups in total. The summed E-state index contributed by atoms with van der Waals surface area (Å²) < 4.78 is 28.0. The van der Waals surface area contributed by atoms with Gasteiger partial charge in [-0.3, -0.25) is 0 Å². The van der Waals surface area contributed by atoms with Crippen LogP contribution in [-0.4, -0.2) is 21.8 Å². The first-order valence-electron chi connectivity index (χ1n) is 6.74. The standard InChI is InChI=1S/C11H16O3S.2C2H6/c1-8(2)9-5-6-10(14-3)11(7-9)15(4,12)13;2*1-2/h5-8H,1-4H3;2*1-2H3. The van der Waals surface area contributed by atoms with E-state index < -0.39 is 9.84 Å². The van der Waals surface area contributed by atoms with Crippen molar-refractivity contribution in [1.29, 1.82) is 0 Å². The number of ether oxygens (including phenoxy) is 1. The Morgan fingerprint density at radius 2 is 1.53 bits per heavy atom. The van der Waals surface area contributed by atoms with Crippen LogP contribution in [0.3, 0.4) is 0 Å². The maximum atomic E-state index is 11.5. The Labute approximate surface area is 118 Å². The van der Waals surface area contributed by atoms with Crippen molar-refractivity contribution in [1.82, 2.24) is 0 Å². The van der Waals surface area contributed by atoms with Gasteiger partial charge in [0.2, 0.25) is 0 Å². The quantitative estimate of drug-likeness (QED) is 0.834. The second-order valence-corrected chi connectivity index (χ2v) is 5.82. The van der Waals surface area contributed by atoms with Gasteiger partial charge in [-0.1, -0.05) is 47.6 Å². The highest BCUT2D eigenvalue weighted by molar-refractivity contribution is 7.90. The Bertz CT molecular complexity index is 448. The molecule has 0 aromatic heterocycles. The highest BCUT2D eigenvalue weighted by atomic mass is 32.2. The Morgan fingerprint density at radius 3 is 1.84 bits per heavy atom. The van der Waals surface area contributed by atoms with E-state index in [-0.39, 0.29) is 4.90 Å². The van der Waals surface area contributed by atoms with Gasteiger partial charge in [-0.25, -0.2) is 8.42 Å². The van der Waals surface area contributed by atoms with Gasteiger partial charge in [-0.05, 0) is 23.6 Å². The monoisotopic (exact) mass is 288 g/mol. The Hall–Kier alpha value is -1.03. The van der Waals surface area contributed by atoms with E-state index in [0.29, 0.717) is 11.7 Å². The maximum absolute atomic E-state index is 11.5. The van der Waals surface area contributed by atoms with Crippen LogP contribution >= 0.6 is 0 Å². The molecule has 1 rings (SSSR count). The fourth-order valence-electron chi connectivity index (χ4n) is 1.34. The maximum Gasteiger partial charge on any atom is 0.179 e. The summed E-state index contributed by atoms with van der Waals surface area (Å²) in [5.74, 6) is 0.707. The zero-order valence-electron chi connectivity index (χ0n) is 13.4. The molecule has 1 aromatic rings. The average molecular weight is 288 g/mol. The van der Waals surface area contributed by atoms with Gasteiger partial charge in [0, 0.05) is 6.26 Å². The van der Waals surface area contributed by atoms with E-state index in [4.69, 9.17) is 4.74 Å². The molecule has 0 radical (unpaired) electrons. The number of rotatable bonds is 3. The highest BCUT2D eigenvalue weighted by Gasteiger charge is 2.15. The summed E-state index contributed by atoms with van der Waals surface area (Å²) in [4.78, 5) is 0.260. The average Bonchev–Trinajstić information content (AvgIpc) is 2.41. The van der Waals surface area contributed by atoms with E-state index in [0.717, 1.165) is 5.56 Å². The topological polar surface area (TPSA) is 43.4 Å². The third-order valence-corrected chi connectivity index (χ3v) is 3.37. The first-order chi connectivity index (χ1) is 8.86. The summed E-state index contributed by atoms with van der Waals surface area (Å²) in [6.45, 7) is 12.0. The number of methoxy groups -OCH3 is 1. The molecule has 0 saturated heterocycles. The molecule has 1 aromatic carbocycles. The van der Waals surface area contributed by atoms with Crippen LogP contribution in [-0.2, 0) is 9.84 Å². The molecule has 19 heavy (non-hydrogen) atoms. The van der Waals surface area contributed by atoms with Crippen LogP contribution < -0.4 is 4.74 Å². The van der Waals surface area contributed by atoms with Crippen molar-refractivity contribution in [2.45, 2.75) is 52.4 Å². The van der Waals surface area contributed by atoms with Crippen LogP contribution in [0.25, 0.3) is 0 Å². The Morgan fingerprint density at radius 1 is 1.05 bits per heavy atom. The summed E-state index contributed by atoms with van der Waals surface area (Å²) in [5, 5.41) is 0. The van der Waals surface area contributed by atoms with Gasteiger partial charge in [-0.15, -0.1) is 0 Å².